The third kappa shape index (κ3) is 2.75. The summed E-state index contributed by atoms with van der Waals surface area (Å²) in [7, 11) is 1.82. The van der Waals surface area contributed by atoms with E-state index in [2.05, 4.69) is 15.3 Å². The van der Waals surface area contributed by atoms with Crippen molar-refractivity contribution in [2.75, 3.05) is 11.9 Å². The number of rotatable bonds is 4. The number of aryl methyl sites for hydroxylation is 1. The van der Waals surface area contributed by atoms with Crippen LogP contribution in [-0.2, 0) is 11.8 Å². The fraction of sp³-hybridized carbons (Fsp3) is 0.167. The molecule has 8 heteroatoms. The first-order valence-corrected chi connectivity index (χ1v) is 8.02. The van der Waals surface area contributed by atoms with Gasteiger partial charge in [0.15, 0.2) is 5.58 Å². The van der Waals surface area contributed by atoms with E-state index in [1.807, 2.05) is 7.05 Å². The van der Waals surface area contributed by atoms with Crippen LogP contribution in [0.25, 0.3) is 22.1 Å². The second-order valence-electron chi connectivity index (χ2n) is 5.67. The molecule has 0 spiro atoms. The molecule has 0 radical (unpaired) electrons. The Balaban J connectivity index is 1.69. The zero-order chi connectivity index (χ0) is 18.3. The number of hydrogen-bond donors (Lipinski definition) is 1. The van der Waals surface area contributed by atoms with Crippen LogP contribution in [0.3, 0.4) is 0 Å². The summed E-state index contributed by atoms with van der Waals surface area (Å²) in [6, 6.07) is 9.48. The van der Waals surface area contributed by atoms with Gasteiger partial charge in [0, 0.05) is 13.1 Å². The van der Waals surface area contributed by atoms with E-state index in [1.165, 1.54) is 12.1 Å². The summed E-state index contributed by atoms with van der Waals surface area (Å²) in [6.45, 7) is 2.07. The Hall–Kier alpha value is -3.42. The van der Waals surface area contributed by atoms with Crippen molar-refractivity contribution in [1.82, 2.24) is 14.5 Å². The van der Waals surface area contributed by atoms with Gasteiger partial charge in [-0.25, -0.2) is 14.2 Å². The number of benzene rings is 2. The van der Waals surface area contributed by atoms with Gasteiger partial charge in [-0.05, 0) is 37.3 Å². The molecule has 1 N–H and O–H groups in total. The molecule has 4 aromatic rings. The number of esters is 1. The van der Waals surface area contributed by atoms with E-state index in [0.29, 0.717) is 34.7 Å². The van der Waals surface area contributed by atoms with E-state index in [1.54, 1.807) is 35.8 Å². The Bertz CT molecular complexity index is 1130. The van der Waals surface area contributed by atoms with E-state index >= 15 is 0 Å². The fourth-order valence-electron chi connectivity index (χ4n) is 2.70. The number of oxazole rings is 1. The fourth-order valence-corrected chi connectivity index (χ4v) is 2.70. The molecule has 26 heavy (non-hydrogen) atoms. The maximum atomic E-state index is 13.3. The molecule has 0 aliphatic carbocycles. The molecule has 0 saturated carbocycles. The Morgan fingerprint density at radius 3 is 2.88 bits per heavy atom. The van der Waals surface area contributed by atoms with Crippen molar-refractivity contribution in [2.24, 2.45) is 7.05 Å². The number of anilines is 2. The maximum absolute atomic E-state index is 13.3. The Morgan fingerprint density at radius 1 is 1.23 bits per heavy atom. The molecule has 2 aromatic heterocycles. The molecule has 0 unspecified atom stereocenters. The number of imidazole rings is 1. The number of carbonyl (C=O) groups is 1. The predicted octanol–water partition coefficient (Wildman–Crippen LogP) is 3.77. The van der Waals surface area contributed by atoms with E-state index < -0.39 is 11.8 Å². The molecular weight excluding hydrogens is 339 g/mol. The van der Waals surface area contributed by atoms with Gasteiger partial charge in [-0.15, -0.1) is 0 Å². The number of hydrogen-bond acceptors (Lipinski definition) is 6. The summed E-state index contributed by atoms with van der Waals surface area (Å²) in [5.74, 6) is -0.307. The molecule has 0 aliphatic rings. The number of nitrogens with one attached hydrogen (secondary N) is 1. The van der Waals surface area contributed by atoms with Crippen molar-refractivity contribution >= 4 is 40.1 Å². The minimum atomic E-state index is -0.394. The third-order valence-electron chi connectivity index (χ3n) is 3.96. The van der Waals surface area contributed by atoms with Gasteiger partial charge in [-0.3, -0.25) is 5.32 Å². The minimum absolute atomic E-state index is 0.203. The van der Waals surface area contributed by atoms with Crippen LogP contribution in [0.2, 0.25) is 0 Å². The van der Waals surface area contributed by atoms with Gasteiger partial charge >= 0.3 is 12.0 Å². The second kappa shape index (κ2) is 6.14. The van der Waals surface area contributed by atoms with Gasteiger partial charge in [0.1, 0.15) is 11.3 Å². The molecule has 132 valence electrons. The lowest BCUT2D eigenvalue weighted by molar-refractivity contribution is 0.0526. The highest BCUT2D eigenvalue weighted by Crippen LogP contribution is 2.25. The molecular formula is C18H15FN4O3. The standard InChI is InChI=1S/C18H15FN4O3/c1-3-25-16(24)10-4-7-14-13(8-10)20-17(23(14)2)22-18-21-12-6-5-11(19)9-15(12)26-18/h4-9H,3H2,1-2H3,(H,20,21,22). The average molecular weight is 354 g/mol. The lowest BCUT2D eigenvalue weighted by atomic mass is 10.2. The summed E-state index contributed by atoms with van der Waals surface area (Å²) in [4.78, 5) is 20.6. The molecule has 4 rings (SSSR count). The van der Waals surface area contributed by atoms with Gasteiger partial charge in [-0.1, -0.05) is 0 Å². The Morgan fingerprint density at radius 2 is 2.08 bits per heavy atom. The average Bonchev–Trinajstić information content (AvgIpc) is 3.15. The van der Waals surface area contributed by atoms with Crippen LogP contribution >= 0.6 is 0 Å². The summed E-state index contributed by atoms with van der Waals surface area (Å²) in [6.07, 6.45) is 0. The highest BCUT2D eigenvalue weighted by molar-refractivity contribution is 5.94. The quantitative estimate of drug-likeness (QED) is 0.562. The SMILES string of the molecule is CCOC(=O)c1ccc2c(c1)nc(Nc1nc3ccc(F)cc3o1)n2C. The van der Waals surface area contributed by atoms with Crippen LogP contribution in [-0.4, -0.2) is 27.1 Å². The van der Waals surface area contributed by atoms with E-state index in [-0.39, 0.29) is 6.01 Å². The Labute approximate surface area is 147 Å². The lowest BCUT2D eigenvalue weighted by Gasteiger charge is -2.02. The van der Waals surface area contributed by atoms with Crippen LogP contribution in [0, 0.1) is 5.82 Å². The lowest BCUT2D eigenvalue weighted by Crippen LogP contribution is -2.04. The van der Waals surface area contributed by atoms with Crippen LogP contribution in [0.5, 0.6) is 0 Å². The molecule has 0 amide bonds. The molecule has 2 aromatic carbocycles. The number of halogens is 1. The highest BCUT2D eigenvalue weighted by atomic mass is 19.1. The van der Waals surface area contributed by atoms with Crippen LogP contribution < -0.4 is 5.32 Å². The van der Waals surface area contributed by atoms with Gasteiger partial charge in [0.25, 0.3) is 0 Å². The number of nitrogens with zero attached hydrogens (tertiary/aromatic N) is 3. The first-order chi connectivity index (χ1) is 12.5. The molecule has 0 saturated heterocycles. The molecule has 0 bridgehead atoms. The van der Waals surface area contributed by atoms with Gasteiger partial charge in [0.2, 0.25) is 5.95 Å². The summed E-state index contributed by atoms with van der Waals surface area (Å²) >= 11 is 0. The van der Waals surface area contributed by atoms with Gasteiger partial charge < -0.3 is 13.7 Å². The van der Waals surface area contributed by atoms with E-state index in [0.717, 1.165) is 5.52 Å². The highest BCUT2D eigenvalue weighted by Gasteiger charge is 2.14. The maximum Gasteiger partial charge on any atom is 0.338 e. The summed E-state index contributed by atoms with van der Waals surface area (Å²) in [5, 5.41) is 2.98. The minimum Gasteiger partial charge on any atom is -0.462 e. The van der Waals surface area contributed by atoms with Crippen molar-refractivity contribution in [3.05, 3.63) is 47.8 Å². The van der Waals surface area contributed by atoms with Crippen molar-refractivity contribution in [1.29, 1.82) is 0 Å². The first kappa shape index (κ1) is 16.1. The third-order valence-corrected chi connectivity index (χ3v) is 3.96. The summed E-state index contributed by atoms with van der Waals surface area (Å²) < 4.78 is 25.6. The molecule has 2 heterocycles. The smallest absolute Gasteiger partial charge is 0.338 e. The molecule has 7 nitrogen and oxygen atoms in total. The number of carbonyl (C=O) groups excluding carboxylic acids is 1. The van der Waals surface area contributed by atoms with Crippen molar-refractivity contribution in [3.8, 4) is 0 Å². The Kier molecular flexibility index (Phi) is 3.80. The number of aromatic nitrogens is 3. The molecule has 0 fully saturated rings. The largest absolute Gasteiger partial charge is 0.462 e. The van der Waals surface area contributed by atoms with Crippen LogP contribution in [0.4, 0.5) is 16.4 Å². The van der Waals surface area contributed by atoms with Crippen LogP contribution in [0.15, 0.2) is 40.8 Å². The zero-order valence-electron chi connectivity index (χ0n) is 14.1. The second-order valence-corrected chi connectivity index (χ2v) is 5.67. The normalized spacial score (nSPS) is 11.2. The first-order valence-electron chi connectivity index (χ1n) is 8.02. The van der Waals surface area contributed by atoms with Crippen molar-refractivity contribution in [2.45, 2.75) is 6.92 Å². The van der Waals surface area contributed by atoms with Gasteiger partial charge in [-0.2, -0.15) is 4.98 Å². The van der Waals surface area contributed by atoms with Crippen LogP contribution in [0.1, 0.15) is 17.3 Å². The monoisotopic (exact) mass is 354 g/mol. The molecule has 0 aliphatic heterocycles. The van der Waals surface area contributed by atoms with Gasteiger partial charge in [0.05, 0.1) is 23.2 Å². The predicted molar refractivity (Wildman–Crippen MR) is 93.9 cm³/mol. The van der Waals surface area contributed by atoms with Crippen molar-refractivity contribution < 1.29 is 18.3 Å². The van der Waals surface area contributed by atoms with E-state index in [9.17, 15) is 9.18 Å². The topological polar surface area (TPSA) is 82.2 Å². The van der Waals surface area contributed by atoms with Crippen molar-refractivity contribution in [3.63, 3.8) is 0 Å². The number of fused-ring (bicyclic) bond motifs is 2. The summed E-state index contributed by atoms with van der Waals surface area (Å²) in [5.41, 5.74) is 2.76. The number of ether oxygens (including phenoxy) is 1. The zero-order valence-corrected chi connectivity index (χ0v) is 14.1. The van der Waals surface area contributed by atoms with E-state index in [4.69, 9.17) is 9.15 Å². The molecule has 0 atom stereocenters.